The molecule has 0 unspecified atom stereocenters. The van der Waals surface area contributed by atoms with Gasteiger partial charge in [-0.1, -0.05) is 0 Å². The summed E-state index contributed by atoms with van der Waals surface area (Å²) in [5.74, 6) is 0. The molecule has 0 amide bonds. The maximum Gasteiger partial charge on any atom is 0.139 e. The minimum atomic E-state index is 0.204. The van der Waals surface area contributed by atoms with Gasteiger partial charge in [-0.25, -0.2) is 4.98 Å². The highest BCUT2D eigenvalue weighted by Gasteiger charge is 2.00. The van der Waals surface area contributed by atoms with Gasteiger partial charge in [-0.2, -0.15) is 0 Å². The fraction of sp³-hybridized carbons (Fsp3) is 0.300. The van der Waals surface area contributed by atoms with Gasteiger partial charge >= 0.3 is 0 Å². The Kier molecular flexibility index (Phi) is 2.37. The zero-order valence-electron chi connectivity index (χ0n) is 7.85. The second kappa shape index (κ2) is 3.67. The van der Waals surface area contributed by atoms with Crippen molar-refractivity contribution in [1.82, 2.24) is 9.38 Å². The van der Waals surface area contributed by atoms with Crippen LogP contribution in [0.4, 0.5) is 5.69 Å². The van der Waals surface area contributed by atoms with Gasteiger partial charge in [0.05, 0.1) is 5.69 Å². The lowest BCUT2D eigenvalue weighted by Gasteiger charge is -1.92. The fourth-order valence-electron chi connectivity index (χ4n) is 1.43. The smallest absolute Gasteiger partial charge is 0.139 e. The molecule has 0 fully saturated rings. The molecule has 0 aliphatic rings. The fourth-order valence-corrected chi connectivity index (χ4v) is 1.43. The van der Waals surface area contributed by atoms with E-state index in [1.807, 2.05) is 28.9 Å². The van der Waals surface area contributed by atoms with Crippen molar-refractivity contribution in [2.24, 2.45) is 0 Å². The molecule has 4 heteroatoms. The average Bonchev–Trinajstić information content (AvgIpc) is 2.56. The van der Waals surface area contributed by atoms with Crippen LogP contribution in [0.2, 0.25) is 0 Å². The average molecular weight is 191 g/mol. The molecule has 0 aromatic carbocycles. The first-order chi connectivity index (χ1) is 6.79. The predicted molar refractivity (Wildman–Crippen MR) is 55.0 cm³/mol. The summed E-state index contributed by atoms with van der Waals surface area (Å²) in [5, 5.41) is 8.69. The van der Waals surface area contributed by atoms with Crippen LogP contribution in [0.3, 0.4) is 0 Å². The second-order valence-corrected chi connectivity index (χ2v) is 3.28. The molecule has 0 saturated carbocycles. The number of aliphatic hydroxyl groups excluding tert-OH is 1. The van der Waals surface area contributed by atoms with Crippen LogP contribution in [-0.4, -0.2) is 21.1 Å². The zero-order valence-corrected chi connectivity index (χ0v) is 7.85. The highest BCUT2D eigenvalue weighted by Crippen LogP contribution is 2.10. The molecular formula is C10H13N3O. The second-order valence-electron chi connectivity index (χ2n) is 3.28. The van der Waals surface area contributed by atoms with Crippen molar-refractivity contribution < 1.29 is 5.11 Å². The van der Waals surface area contributed by atoms with E-state index in [1.165, 1.54) is 0 Å². The lowest BCUT2D eigenvalue weighted by Crippen LogP contribution is -1.88. The van der Waals surface area contributed by atoms with Crippen molar-refractivity contribution in [2.75, 3.05) is 12.3 Å². The van der Waals surface area contributed by atoms with E-state index in [9.17, 15) is 0 Å². The van der Waals surface area contributed by atoms with Gasteiger partial charge in [0.1, 0.15) is 5.65 Å². The number of nitrogens with two attached hydrogens (primary N) is 1. The number of aryl methyl sites for hydroxylation is 1. The zero-order chi connectivity index (χ0) is 9.97. The van der Waals surface area contributed by atoms with Crippen LogP contribution in [0.5, 0.6) is 0 Å². The van der Waals surface area contributed by atoms with E-state index in [0.717, 1.165) is 29.9 Å². The van der Waals surface area contributed by atoms with Crippen LogP contribution < -0.4 is 5.73 Å². The molecule has 2 heterocycles. The molecule has 0 spiro atoms. The summed E-state index contributed by atoms with van der Waals surface area (Å²) in [6, 6.07) is 3.67. The third kappa shape index (κ3) is 1.70. The van der Waals surface area contributed by atoms with Crippen molar-refractivity contribution in [1.29, 1.82) is 0 Å². The molecule has 3 N–H and O–H groups in total. The Labute approximate surface area is 82.0 Å². The van der Waals surface area contributed by atoms with Gasteiger partial charge in [-0.05, 0) is 18.9 Å². The maximum absolute atomic E-state index is 8.69. The van der Waals surface area contributed by atoms with E-state index in [-0.39, 0.29) is 6.61 Å². The van der Waals surface area contributed by atoms with Gasteiger partial charge in [0.2, 0.25) is 0 Å². The van der Waals surface area contributed by atoms with Crippen molar-refractivity contribution in [2.45, 2.75) is 12.8 Å². The highest BCUT2D eigenvalue weighted by molar-refractivity contribution is 5.52. The number of hydrogen-bond acceptors (Lipinski definition) is 3. The maximum atomic E-state index is 8.69. The van der Waals surface area contributed by atoms with E-state index >= 15 is 0 Å². The van der Waals surface area contributed by atoms with Crippen molar-refractivity contribution in [3.63, 3.8) is 0 Å². The minimum Gasteiger partial charge on any atom is -0.399 e. The monoisotopic (exact) mass is 191 g/mol. The Bertz CT molecular complexity index is 436. The van der Waals surface area contributed by atoms with Crippen molar-refractivity contribution >= 4 is 11.3 Å². The third-order valence-corrected chi connectivity index (χ3v) is 2.13. The van der Waals surface area contributed by atoms with E-state index in [2.05, 4.69) is 4.98 Å². The van der Waals surface area contributed by atoms with Crippen LogP contribution in [-0.2, 0) is 6.42 Å². The van der Waals surface area contributed by atoms with Crippen LogP contribution in [0.1, 0.15) is 12.1 Å². The number of fused-ring (bicyclic) bond motifs is 1. The molecular weight excluding hydrogens is 178 g/mol. The normalized spacial score (nSPS) is 10.9. The van der Waals surface area contributed by atoms with Crippen molar-refractivity contribution in [3.8, 4) is 0 Å². The summed E-state index contributed by atoms with van der Waals surface area (Å²) in [5.41, 5.74) is 8.21. The largest absolute Gasteiger partial charge is 0.399 e. The number of pyridine rings is 1. The van der Waals surface area contributed by atoms with Crippen molar-refractivity contribution in [3.05, 3.63) is 30.2 Å². The van der Waals surface area contributed by atoms with Gasteiger partial charge in [-0.3, -0.25) is 0 Å². The van der Waals surface area contributed by atoms with Crippen LogP contribution in [0.15, 0.2) is 24.5 Å². The molecule has 0 radical (unpaired) electrons. The SMILES string of the molecule is Nc1ccn2cc(CCCO)nc2c1. The summed E-state index contributed by atoms with van der Waals surface area (Å²) in [6.45, 7) is 0.204. The molecule has 0 atom stereocenters. The van der Waals surface area contributed by atoms with E-state index < -0.39 is 0 Å². The Balaban J connectivity index is 2.32. The van der Waals surface area contributed by atoms with Gasteiger partial charge in [0.15, 0.2) is 0 Å². The lowest BCUT2D eigenvalue weighted by atomic mass is 10.3. The summed E-state index contributed by atoms with van der Waals surface area (Å²) < 4.78 is 1.93. The molecule has 14 heavy (non-hydrogen) atoms. The van der Waals surface area contributed by atoms with Gasteiger partial charge < -0.3 is 15.2 Å². The molecule has 0 bridgehead atoms. The van der Waals surface area contributed by atoms with Gasteiger partial charge in [0.25, 0.3) is 0 Å². The topological polar surface area (TPSA) is 63.5 Å². The summed E-state index contributed by atoms with van der Waals surface area (Å²) in [4.78, 5) is 4.38. The highest BCUT2D eigenvalue weighted by atomic mass is 16.2. The molecule has 0 aliphatic carbocycles. The number of imidazole rings is 1. The van der Waals surface area contributed by atoms with E-state index in [0.29, 0.717) is 0 Å². The number of aliphatic hydroxyl groups is 1. The Hall–Kier alpha value is -1.55. The van der Waals surface area contributed by atoms with Crippen LogP contribution in [0, 0.1) is 0 Å². The van der Waals surface area contributed by atoms with E-state index in [1.54, 1.807) is 0 Å². The third-order valence-electron chi connectivity index (χ3n) is 2.13. The first kappa shape index (κ1) is 9.02. The van der Waals surface area contributed by atoms with Crippen LogP contribution >= 0.6 is 0 Å². The number of nitrogens with zero attached hydrogens (tertiary/aromatic N) is 2. The summed E-state index contributed by atoms with van der Waals surface area (Å²) >= 11 is 0. The van der Waals surface area contributed by atoms with Gasteiger partial charge in [-0.15, -0.1) is 0 Å². The first-order valence-electron chi connectivity index (χ1n) is 4.63. The minimum absolute atomic E-state index is 0.204. The van der Waals surface area contributed by atoms with Gasteiger partial charge in [0, 0.05) is 30.8 Å². The van der Waals surface area contributed by atoms with E-state index in [4.69, 9.17) is 10.8 Å². The molecule has 0 aliphatic heterocycles. The number of anilines is 1. The quantitative estimate of drug-likeness (QED) is 0.755. The first-order valence-corrected chi connectivity index (χ1v) is 4.63. The number of hydrogen-bond donors (Lipinski definition) is 2. The molecule has 74 valence electrons. The Morgan fingerprint density at radius 1 is 1.50 bits per heavy atom. The summed E-state index contributed by atoms with van der Waals surface area (Å²) in [6.07, 6.45) is 5.40. The lowest BCUT2D eigenvalue weighted by molar-refractivity contribution is 0.288. The molecule has 4 nitrogen and oxygen atoms in total. The Morgan fingerprint density at radius 3 is 3.14 bits per heavy atom. The predicted octanol–water partition coefficient (Wildman–Crippen LogP) is 0.841. The molecule has 2 aromatic rings. The number of rotatable bonds is 3. The van der Waals surface area contributed by atoms with Crippen LogP contribution in [0.25, 0.3) is 5.65 Å². The molecule has 2 aromatic heterocycles. The molecule has 2 rings (SSSR count). The molecule has 0 saturated heterocycles. The Morgan fingerprint density at radius 2 is 2.36 bits per heavy atom. The summed E-state index contributed by atoms with van der Waals surface area (Å²) in [7, 11) is 0. The number of aromatic nitrogens is 2. The standard InChI is InChI=1S/C10H13N3O/c11-8-3-4-13-7-9(2-1-5-14)12-10(13)6-8/h3-4,6-7,14H,1-2,5,11H2. The number of nitrogen functional groups attached to an aromatic ring is 1.